The summed E-state index contributed by atoms with van der Waals surface area (Å²) in [6.45, 7) is 0.612. The fourth-order valence-electron chi connectivity index (χ4n) is 3.67. The van der Waals surface area contributed by atoms with Gasteiger partial charge in [-0.05, 0) is 47.0 Å². The van der Waals surface area contributed by atoms with Crippen LogP contribution in [0.5, 0.6) is 0 Å². The molecule has 138 valence electrons. The molecule has 0 aliphatic carbocycles. The van der Waals surface area contributed by atoms with E-state index in [1.165, 1.54) is 6.07 Å². The molecule has 0 radical (unpaired) electrons. The van der Waals surface area contributed by atoms with E-state index in [0.29, 0.717) is 24.4 Å². The van der Waals surface area contributed by atoms with Gasteiger partial charge in [0.2, 0.25) is 5.65 Å². The molecule has 0 saturated heterocycles. The van der Waals surface area contributed by atoms with Gasteiger partial charge < -0.3 is 10.3 Å². The molecule has 5 rings (SSSR count). The first kappa shape index (κ1) is 16.4. The van der Waals surface area contributed by atoms with E-state index in [4.69, 9.17) is 5.73 Å². The number of pyridine rings is 1. The first-order valence-corrected chi connectivity index (χ1v) is 8.94. The minimum Gasteiger partial charge on any atom is -0.384 e. The summed E-state index contributed by atoms with van der Waals surface area (Å²) >= 11 is 0. The largest absolute Gasteiger partial charge is 0.384 e. The molecule has 0 atom stereocenters. The Morgan fingerprint density at radius 1 is 1.00 bits per heavy atom. The fraction of sp³-hybridized carbons (Fsp3) is 0.0952. The quantitative estimate of drug-likeness (QED) is 0.504. The zero-order valence-electron chi connectivity index (χ0n) is 14.9. The molecule has 0 saturated carbocycles. The van der Waals surface area contributed by atoms with Crippen molar-refractivity contribution in [1.82, 2.24) is 25.0 Å². The van der Waals surface area contributed by atoms with Crippen LogP contribution in [0.1, 0.15) is 16.7 Å². The van der Waals surface area contributed by atoms with Gasteiger partial charge in [0.1, 0.15) is 17.2 Å². The molecule has 6 nitrogen and oxygen atoms in total. The van der Waals surface area contributed by atoms with E-state index < -0.39 is 0 Å². The number of benzene rings is 2. The topological polar surface area (TPSA) is 85.4 Å². The molecule has 3 heterocycles. The van der Waals surface area contributed by atoms with Gasteiger partial charge in [0.05, 0.1) is 0 Å². The number of rotatable bonds is 4. The lowest BCUT2D eigenvalue weighted by Gasteiger charge is -2.08. The summed E-state index contributed by atoms with van der Waals surface area (Å²) in [7, 11) is 0. The molecule has 0 amide bonds. The monoisotopic (exact) mass is 372 g/mol. The summed E-state index contributed by atoms with van der Waals surface area (Å²) in [5.74, 6) is 0.203. The molecular formula is C21H17FN6. The van der Waals surface area contributed by atoms with Gasteiger partial charge in [-0.15, -0.1) is 5.10 Å². The highest BCUT2D eigenvalue weighted by Crippen LogP contribution is 2.26. The third-order valence-electron chi connectivity index (χ3n) is 4.92. The molecule has 0 spiro atoms. The van der Waals surface area contributed by atoms with Gasteiger partial charge in [-0.25, -0.2) is 9.37 Å². The van der Waals surface area contributed by atoms with E-state index in [-0.39, 0.29) is 5.82 Å². The minimum absolute atomic E-state index is 0.221. The fourth-order valence-corrected chi connectivity index (χ4v) is 3.67. The van der Waals surface area contributed by atoms with Gasteiger partial charge in [0, 0.05) is 30.1 Å². The van der Waals surface area contributed by atoms with Crippen molar-refractivity contribution in [2.24, 2.45) is 0 Å². The second-order valence-corrected chi connectivity index (χ2v) is 6.80. The molecule has 5 aromatic rings. The van der Waals surface area contributed by atoms with E-state index >= 15 is 0 Å². The number of nitrogen functional groups attached to an aromatic ring is 1. The predicted octanol–water partition coefficient (Wildman–Crippen LogP) is 3.67. The van der Waals surface area contributed by atoms with E-state index in [0.717, 1.165) is 33.1 Å². The highest BCUT2D eigenvalue weighted by Gasteiger charge is 2.12. The summed E-state index contributed by atoms with van der Waals surface area (Å²) in [5, 5.41) is 12.0. The maximum Gasteiger partial charge on any atom is 0.203 e. The Morgan fingerprint density at radius 2 is 1.89 bits per heavy atom. The van der Waals surface area contributed by atoms with Crippen molar-refractivity contribution >= 4 is 27.9 Å². The van der Waals surface area contributed by atoms with Gasteiger partial charge in [0.15, 0.2) is 0 Å². The lowest BCUT2D eigenvalue weighted by atomic mass is 10.0. The van der Waals surface area contributed by atoms with Crippen molar-refractivity contribution in [3.05, 3.63) is 83.3 Å². The first-order valence-electron chi connectivity index (χ1n) is 8.94. The van der Waals surface area contributed by atoms with Crippen molar-refractivity contribution in [2.45, 2.75) is 13.0 Å². The van der Waals surface area contributed by atoms with Gasteiger partial charge in [-0.2, -0.15) is 10.3 Å². The average Bonchev–Trinajstić information content (AvgIpc) is 3.30. The Balaban J connectivity index is 1.54. The Hall–Kier alpha value is -3.74. The summed E-state index contributed by atoms with van der Waals surface area (Å²) in [4.78, 5) is 4.20. The smallest absolute Gasteiger partial charge is 0.203 e. The van der Waals surface area contributed by atoms with Gasteiger partial charge in [-0.1, -0.05) is 24.3 Å². The number of hydrogen-bond acceptors (Lipinski definition) is 4. The SMILES string of the molecule is Nc1cc(Cc2cccc3c2ccn3Cc2cccc(F)c2)c2n[nH]nc2n1. The lowest BCUT2D eigenvalue weighted by molar-refractivity contribution is 0.624. The van der Waals surface area contributed by atoms with Crippen molar-refractivity contribution in [3.8, 4) is 0 Å². The number of H-pyrrole nitrogens is 1. The molecule has 3 aromatic heterocycles. The molecule has 0 bridgehead atoms. The first-order chi connectivity index (χ1) is 13.7. The number of hydrogen-bond donors (Lipinski definition) is 2. The van der Waals surface area contributed by atoms with Gasteiger partial charge in [0.25, 0.3) is 0 Å². The number of halogens is 1. The molecule has 0 aliphatic rings. The van der Waals surface area contributed by atoms with Crippen molar-refractivity contribution in [2.75, 3.05) is 5.73 Å². The number of aromatic amines is 1. The number of nitrogens with two attached hydrogens (primary N) is 1. The number of aromatic nitrogens is 5. The molecule has 7 heteroatoms. The standard InChI is InChI=1S/C21H17FN6/c22-16-5-1-3-13(9-16)12-28-8-7-17-14(4-2-6-18(17)28)10-15-11-19(23)24-21-20(15)25-27-26-21/h1-9,11H,10,12H2,(H3,23,24,25,26,27). The van der Waals surface area contributed by atoms with Crippen LogP contribution in [0, 0.1) is 5.82 Å². The summed E-state index contributed by atoms with van der Waals surface area (Å²) < 4.78 is 15.6. The highest BCUT2D eigenvalue weighted by molar-refractivity contribution is 5.85. The van der Waals surface area contributed by atoms with E-state index in [2.05, 4.69) is 43.2 Å². The summed E-state index contributed by atoms with van der Waals surface area (Å²) in [5.41, 5.74) is 11.3. The van der Waals surface area contributed by atoms with Crippen molar-refractivity contribution < 1.29 is 4.39 Å². The van der Waals surface area contributed by atoms with Crippen LogP contribution < -0.4 is 5.73 Å². The average molecular weight is 372 g/mol. The lowest BCUT2D eigenvalue weighted by Crippen LogP contribution is -1.99. The Kier molecular flexibility index (Phi) is 3.79. The van der Waals surface area contributed by atoms with E-state index in [9.17, 15) is 4.39 Å². The third kappa shape index (κ3) is 2.87. The maximum absolute atomic E-state index is 13.5. The van der Waals surface area contributed by atoms with Crippen LogP contribution in [0.15, 0.2) is 60.8 Å². The van der Waals surface area contributed by atoms with Gasteiger partial charge >= 0.3 is 0 Å². The summed E-state index contributed by atoms with van der Waals surface area (Å²) in [6, 6.07) is 16.8. The van der Waals surface area contributed by atoms with Crippen LogP contribution in [0.25, 0.3) is 22.1 Å². The molecule has 0 unspecified atom stereocenters. The summed E-state index contributed by atoms with van der Waals surface area (Å²) in [6.07, 6.45) is 2.70. The molecule has 3 N–H and O–H groups in total. The van der Waals surface area contributed by atoms with E-state index in [1.807, 2.05) is 24.4 Å². The highest BCUT2D eigenvalue weighted by atomic mass is 19.1. The molecule has 28 heavy (non-hydrogen) atoms. The minimum atomic E-state index is -0.221. The molecular weight excluding hydrogens is 355 g/mol. The zero-order chi connectivity index (χ0) is 19.1. The number of anilines is 1. The third-order valence-corrected chi connectivity index (χ3v) is 4.92. The van der Waals surface area contributed by atoms with Crippen LogP contribution in [0.3, 0.4) is 0 Å². The maximum atomic E-state index is 13.5. The normalized spacial score (nSPS) is 11.5. The van der Waals surface area contributed by atoms with Crippen LogP contribution in [0.4, 0.5) is 10.2 Å². The van der Waals surface area contributed by atoms with Crippen LogP contribution in [-0.2, 0) is 13.0 Å². The predicted molar refractivity (Wildman–Crippen MR) is 106 cm³/mol. The molecule has 2 aromatic carbocycles. The van der Waals surface area contributed by atoms with Gasteiger partial charge in [-0.3, -0.25) is 0 Å². The Morgan fingerprint density at radius 3 is 2.79 bits per heavy atom. The van der Waals surface area contributed by atoms with Crippen LogP contribution in [0.2, 0.25) is 0 Å². The van der Waals surface area contributed by atoms with Crippen molar-refractivity contribution in [3.63, 3.8) is 0 Å². The Labute approximate surface area is 159 Å². The molecule has 0 aliphatic heterocycles. The number of nitrogens with zero attached hydrogens (tertiary/aromatic N) is 4. The van der Waals surface area contributed by atoms with Crippen LogP contribution in [-0.4, -0.2) is 25.0 Å². The molecule has 0 fully saturated rings. The number of fused-ring (bicyclic) bond motifs is 2. The van der Waals surface area contributed by atoms with Crippen molar-refractivity contribution in [1.29, 1.82) is 0 Å². The Bertz CT molecular complexity index is 1300. The second-order valence-electron chi connectivity index (χ2n) is 6.80. The zero-order valence-corrected chi connectivity index (χ0v) is 14.9. The van der Waals surface area contributed by atoms with Crippen LogP contribution >= 0.6 is 0 Å². The van der Waals surface area contributed by atoms with E-state index in [1.54, 1.807) is 12.1 Å². The number of nitrogens with one attached hydrogen (secondary N) is 1. The second kappa shape index (κ2) is 6.45.